The van der Waals surface area contributed by atoms with Crippen molar-refractivity contribution in [2.24, 2.45) is 0 Å². The monoisotopic (exact) mass is 462 g/mol. The van der Waals surface area contributed by atoms with E-state index in [1.807, 2.05) is 30.1 Å². The van der Waals surface area contributed by atoms with Crippen molar-refractivity contribution in [3.05, 3.63) is 58.4 Å². The molecule has 9 heteroatoms. The summed E-state index contributed by atoms with van der Waals surface area (Å²) < 4.78 is 0. The van der Waals surface area contributed by atoms with E-state index in [-0.39, 0.29) is 17.3 Å². The number of aromatic nitrogens is 2. The Labute approximate surface area is 198 Å². The molecule has 0 amide bonds. The summed E-state index contributed by atoms with van der Waals surface area (Å²) in [5, 5.41) is 15.4. The zero-order valence-corrected chi connectivity index (χ0v) is 20.0. The molecule has 0 radical (unpaired) electrons. The number of piperidine rings is 1. The third-order valence-corrected chi connectivity index (χ3v) is 6.68. The van der Waals surface area contributed by atoms with Gasteiger partial charge in [-0.3, -0.25) is 10.1 Å². The highest BCUT2D eigenvalue weighted by Gasteiger charge is 2.30. The summed E-state index contributed by atoms with van der Waals surface area (Å²) in [5.41, 5.74) is 2.26. The highest BCUT2D eigenvalue weighted by molar-refractivity contribution is 5.87. The fourth-order valence-corrected chi connectivity index (χ4v) is 4.31. The van der Waals surface area contributed by atoms with Crippen LogP contribution in [0.25, 0.3) is 10.9 Å². The first-order chi connectivity index (χ1) is 16.2. The van der Waals surface area contributed by atoms with Crippen molar-refractivity contribution in [2.75, 3.05) is 28.7 Å². The molecular weight excluding hydrogens is 432 g/mol. The van der Waals surface area contributed by atoms with Gasteiger partial charge in [0.15, 0.2) is 5.82 Å². The van der Waals surface area contributed by atoms with Crippen LogP contribution < -0.4 is 15.1 Å². The summed E-state index contributed by atoms with van der Waals surface area (Å²) in [6.07, 6.45) is 4.08. The third-order valence-electron chi connectivity index (χ3n) is 6.68. The third kappa shape index (κ3) is 4.61. The van der Waals surface area contributed by atoms with Crippen molar-refractivity contribution in [3.63, 3.8) is 0 Å². The Morgan fingerprint density at radius 3 is 2.85 bits per heavy atom. The van der Waals surface area contributed by atoms with Gasteiger partial charge in [-0.1, -0.05) is 6.92 Å². The molecule has 3 aromatic rings. The normalized spacial score (nSPS) is 16.4. The molecule has 1 aliphatic rings. The van der Waals surface area contributed by atoms with Gasteiger partial charge in [-0.15, -0.1) is 0 Å². The first kappa shape index (κ1) is 23.3. The number of carbonyl (C=O) groups excluding carboxylic acids is 1. The lowest BCUT2D eigenvalue weighted by Crippen LogP contribution is -2.43. The number of H-pyrrole nitrogens is 1. The lowest BCUT2D eigenvalue weighted by atomic mass is 9.99. The van der Waals surface area contributed by atoms with Crippen molar-refractivity contribution >= 4 is 39.9 Å². The highest BCUT2D eigenvalue weighted by atomic mass is 16.6. The van der Waals surface area contributed by atoms with Crippen LogP contribution in [-0.2, 0) is 4.79 Å². The van der Waals surface area contributed by atoms with Crippen molar-refractivity contribution in [1.82, 2.24) is 9.97 Å². The summed E-state index contributed by atoms with van der Waals surface area (Å²) in [5.74, 6) is 3.71. The number of anilines is 3. The van der Waals surface area contributed by atoms with E-state index in [9.17, 15) is 14.9 Å². The topological polar surface area (TPSA) is 107 Å². The number of hydrogen-bond acceptors (Lipinski definition) is 7. The predicted octanol–water partition coefficient (Wildman–Crippen LogP) is 4.89. The number of hydrogen-bond donors (Lipinski definition) is 2. The largest absolute Gasteiger partial charge is 0.377 e. The molecule has 0 saturated carbocycles. The van der Waals surface area contributed by atoms with Gasteiger partial charge in [-0.05, 0) is 51.0 Å². The highest BCUT2D eigenvalue weighted by Crippen LogP contribution is 2.34. The number of nitro benzene ring substituents is 1. The summed E-state index contributed by atoms with van der Waals surface area (Å²) >= 11 is 0. The van der Waals surface area contributed by atoms with Gasteiger partial charge in [0, 0.05) is 60.8 Å². The second kappa shape index (κ2) is 9.19. The minimum Gasteiger partial charge on any atom is -0.377 e. The molecule has 9 nitrogen and oxygen atoms in total. The van der Waals surface area contributed by atoms with E-state index in [1.54, 1.807) is 12.3 Å². The maximum Gasteiger partial charge on any atom is 0.270 e. The Morgan fingerprint density at radius 1 is 1.35 bits per heavy atom. The van der Waals surface area contributed by atoms with E-state index >= 15 is 0 Å². The number of fused-ring (bicyclic) bond motifs is 1. The molecule has 178 valence electrons. The van der Waals surface area contributed by atoms with E-state index in [0.717, 1.165) is 41.1 Å². The molecule has 3 heterocycles. The van der Waals surface area contributed by atoms with Crippen LogP contribution in [0.2, 0.25) is 0 Å². The molecule has 1 atom stereocenters. The lowest BCUT2D eigenvalue weighted by Gasteiger charge is -2.39. The molecule has 2 aromatic heterocycles. The molecule has 1 aromatic carbocycles. The maximum atomic E-state index is 11.9. The van der Waals surface area contributed by atoms with Crippen LogP contribution in [0.4, 0.5) is 23.0 Å². The second-order valence-corrected chi connectivity index (χ2v) is 9.38. The van der Waals surface area contributed by atoms with Gasteiger partial charge in [0.05, 0.1) is 10.6 Å². The lowest BCUT2D eigenvalue weighted by molar-refractivity contribution is -0.384. The number of benzene rings is 1. The minimum absolute atomic E-state index is 0.0376. The SMILES string of the molecule is CCC(C)(C)Nc1cccnc1N(C)C1CCN(c2cc3cc([N+](=O)[O-])ccc3[nH]2)C(=C=O)C1. The Bertz CT molecular complexity index is 1260. The van der Waals surface area contributed by atoms with Crippen molar-refractivity contribution in [1.29, 1.82) is 0 Å². The van der Waals surface area contributed by atoms with Gasteiger partial charge in [0.2, 0.25) is 0 Å². The molecule has 0 spiro atoms. The first-order valence-corrected chi connectivity index (χ1v) is 11.5. The van der Waals surface area contributed by atoms with Crippen LogP contribution in [0.3, 0.4) is 0 Å². The Balaban J connectivity index is 1.55. The molecule has 0 bridgehead atoms. The van der Waals surface area contributed by atoms with Gasteiger partial charge in [-0.25, -0.2) is 9.78 Å². The van der Waals surface area contributed by atoms with Crippen LogP contribution >= 0.6 is 0 Å². The molecule has 1 unspecified atom stereocenters. The number of nitro groups is 1. The fourth-order valence-electron chi connectivity index (χ4n) is 4.31. The summed E-state index contributed by atoms with van der Waals surface area (Å²) in [6, 6.07) is 10.6. The second-order valence-electron chi connectivity index (χ2n) is 9.38. The Morgan fingerprint density at radius 2 is 2.15 bits per heavy atom. The molecule has 0 aliphatic carbocycles. The van der Waals surface area contributed by atoms with Crippen LogP contribution in [0.15, 0.2) is 48.3 Å². The fraction of sp³-hybridized carbons (Fsp3) is 0.400. The quantitative estimate of drug-likeness (QED) is 0.292. The van der Waals surface area contributed by atoms with Gasteiger partial charge >= 0.3 is 0 Å². The average molecular weight is 463 g/mol. The molecular formula is C25H30N6O3. The summed E-state index contributed by atoms with van der Waals surface area (Å²) in [4.78, 5) is 34.6. The molecule has 34 heavy (non-hydrogen) atoms. The molecule has 4 rings (SSSR count). The van der Waals surface area contributed by atoms with E-state index in [2.05, 4.69) is 46.9 Å². The van der Waals surface area contributed by atoms with E-state index in [4.69, 9.17) is 0 Å². The smallest absolute Gasteiger partial charge is 0.270 e. The average Bonchev–Trinajstić information content (AvgIpc) is 3.26. The van der Waals surface area contributed by atoms with Gasteiger partial charge in [0.25, 0.3) is 5.69 Å². The van der Waals surface area contributed by atoms with Crippen LogP contribution in [-0.4, -0.2) is 46.0 Å². The van der Waals surface area contributed by atoms with Gasteiger partial charge < -0.3 is 20.1 Å². The van der Waals surface area contributed by atoms with Crippen molar-refractivity contribution < 1.29 is 9.72 Å². The number of nitrogens with one attached hydrogen (secondary N) is 2. The summed E-state index contributed by atoms with van der Waals surface area (Å²) in [6.45, 7) is 7.07. The molecule has 1 saturated heterocycles. The van der Waals surface area contributed by atoms with E-state index in [0.29, 0.717) is 18.7 Å². The first-order valence-electron chi connectivity index (χ1n) is 11.5. The summed E-state index contributed by atoms with van der Waals surface area (Å²) in [7, 11) is 2.01. The number of nitrogens with zero attached hydrogens (tertiary/aromatic N) is 4. The van der Waals surface area contributed by atoms with Crippen LogP contribution in [0, 0.1) is 10.1 Å². The molecule has 2 N–H and O–H groups in total. The number of rotatable bonds is 7. The van der Waals surface area contributed by atoms with Crippen LogP contribution in [0.1, 0.15) is 40.0 Å². The van der Waals surface area contributed by atoms with Gasteiger partial charge in [-0.2, -0.15) is 0 Å². The molecule has 1 fully saturated rings. The van der Waals surface area contributed by atoms with Crippen LogP contribution in [0.5, 0.6) is 0 Å². The van der Waals surface area contributed by atoms with E-state index in [1.165, 1.54) is 12.1 Å². The number of aromatic amines is 1. The van der Waals surface area contributed by atoms with Gasteiger partial charge in [0.1, 0.15) is 17.5 Å². The van der Waals surface area contributed by atoms with Crippen molar-refractivity contribution in [3.8, 4) is 0 Å². The zero-order chi connectivity index (χ0) is 24.5. The zero-order valence-electron chi connectivity index (χ0n) is 20.0. The molecule has 1 aliphatic heterocycles. The maximum absolute atomic E-state index is 11.9. The predicted molar refractivity (Wildman–Crippen MR) is 135 cm³/mol. The Hall–Kier alpha value is -3.84. The number of non-ortho nitro benzene ring substituents is 1. The van der Waals surface area contributed by atoms with E-state index < -0.39 is 4.92 Å². The van der Waals surface area contributed by atoms with Crippen molar-refractivity contribution in [2.45, 2.75) is 51.6 Å². The Kier molecular flexibility index (Phi) is 6.30. The minimum atomic E-state index is -0.410. The number of pyridine rings is 1. The standard InChI is InChI=1S/C25H30N6O3/c1-5-25(2,3)28-22-7-6-11-26-24(22)29(4)18-10-12-30(20(15-18)16-32)23-14-17-13-19(31(33)34)8-9-21(17)27-23/h6-9,11,13-14,18,27-28H,5,10,12,15H2,1-4H3.